The highest BCUT2D eigenvalue weighted by molar-refractivity contribution is 9.10. The molecule has 0 heterocycles. The summed E-state index contributed by atoms with van der Waals surface area (Å²) in [6.07, 6.45) is 0. The van der Waals surface area contributed by atoms with E-state index >= 15 is 0 Å². The van der Waals surface area contributed by atoms with Crippen molar-refractivity contribution in [1.29, 1.82) is 0 Å². The lowest BCUT2D eigenvalue weighted by atomic mass is 10.0. The second-order valence-electron chi connectivity index (χ2n) is 5.38. The van der Waals surface area contributed by atoms with Crippen molar-refractivity contribution in [2.45, 2.75) is 32.9 Å². The van der Waals surface area contributed by atoms with E-state index in [2.05, 4.69) is 78.4 Å². The van der Waals surface area contributed by atoms with Crippen LogP contribution in [0.25, 0.3) is 0 Å². The van der Waals surface area contributed by atoms with Crippen molar-refractivity contribution >= 4 is 15.9 Å². The van der Waals surface area contributed by atoms with Gasteiger partial charge in [0.2, 0.25) is 0 Å². The number of rotatable bonds is 5. The third kappa shape index (κ3) is 3.86. The Hall–Kier alpha value is -1.32. The van der Waals surface area contributed by atoms with E-state index in [0.717, 1.165) is 10.2 Å². The molecule has 2 aromatic carbocycles. The van der Waals surface area contributed by atoms with Crippen LogP contribution < -0.4 is 10.1 Å². The summed E-state index contributed by atoms with van der Waals surface area (Å²) in [5.41, 5.74) is 3.65. The minimum absolute atomic E-state index is 0.211. The Bertz CT molecular complexity index is 612. The summed E-state index contributed by atoms with van der Waals surface area (Å²) in [4.78, 5) is 0. The van der Waals surface area contributed by atoms with Crippen molar-refractivity contribution in [1.82, 2.24) is 5.32 Å². The zero-order chi connectivity index (χ0) is 15.4. The van der Waals surface area contributed by atoms with E-state index in [9.17, 15) is 0 Å². The van der Waals surface area contributed by atoms with Crippen molar-refractivity contribution < 1.29 is 4.74 Å². The molecule has 2 aromatic rings. The van der Waals surface area contributed by atoms with Crippen LogP contribution in [0.15, 0.2) is 46.9 Å². The summed E-state index contributed by atoms with van der Waals surface area (Å²) in [6, 6.07) is 15.1. The van der Waals surface area contributed by atoms with E-state index < -0.39 is 0 Å². The van der Waals surface area contributed by atoms with Crippen LogP contribution in [0.1, 0.15) is 42.6 Å². The Balaban J connectivity index is 2.18. The third-order valence-electron chi connectivity index (χ3n) is 3.73. The molecule has 0 aromatic heterocycles. The predicted octanol–water partition coefficient (Wildman–Crippen LogP) is 5.18. The van der Waals surface area contributed by atoms with Crippen LogP contribution in [-0.2, 0) is 0 Å². The average molecular weight is 348 g/mol. The molecule has 21 heavy (non-hydrogen) atoms. The lowest BCUT2D eigenvalue weighted by Gasteiger charge is -2.23. The van der Waals surface area contributed by atoms with Gasteiger partial charge in [0.1, 0.15) is 5.75 Å². The standard InChI is InChI=1S/C18H22BrNO/c1-12-9-10-16(18(11-12)21-4)14(3)20-13(2)15-7-5-6-8-17(15)19/h5-11,13-14,20H,1-4H3. The molecule has 3 heteroatoms. The molecule has 0 bridgehead atoms. The first kappa shape index (κ1) is 16.1. The van der Waals surface area contributed by atoms with Gasteiger partial charge >= 0.3 is 0 Å². The largest absolute Gasteiger partial charge is 0.496 e. The zero-order valence-electron chi connectivity index (χ0n) is 13.0. The molecule has 0 fully saturated rings. The minimum atomic E-state index is 0.211. The van der Waals surface area contributed by atoms with Crippen molar-refractivity contribution in [3.8, 4) is 5.75 Å². The van der Waals surface area contributed by atoms with E-state index in [0.29, 0.717) is 0 Å². The normalized spacial score (nSPS) is 13.8. The summed E-state index contributed by atoms with van der Waals surface area (Å²) in [5.74, 6) is 0.939. The molecule has 112 valence electrons. The first-order chi connectivity index (χ1) is 10.0. The summed E-state index contributed by atoms with van der Waals surface area (Å²) in [6.45, 7) is 6.42. The number of hydrogen-bond acceptors (Lipinski definition) is 2. The van der Waals surface area contributed by atoms with Gasteiger partial charge in [0.15, 0.2) is 0 Å². The number of methoxy groups -OCH3 is 1. The third-order valence-corrected chi connectivity index (χ3v) is 4.45. The summed E-state index contributed by atoms with van der Waals surface area (Å²) < 4.78 is 6.64. The summed E-state index contributed by atoms with van der Waals surface area (Å²) in [7, 11) is 1.72. The fourth-order valence-corrected chi connectivity index (χ4v) is 3.19. The molecule has 0 aliphatic heterocycles. The Labute approximate surface area is 135 Å². The fourth-order valence-electron chi connectivity index (χ4n) is 2.56. The molecule has 0 amide bonds. The molecule has 2 atom stereocenters. The van der Waals surface area contributed by atoms with Crippen molar-refractivity contribution in [3.63, 3.8) is 0 Å². The highest BCUT2D eigenvalue weighted by Crippen LogP contribution is 2.29. The average Bonchev–Trinajstić information content (AvgIpc) is 2.47. The molecule has 0 saturated carbocycles. The molecule has 2 nitrogen and oxygen atoms in total. The van der Waals surface area contributed by atoms with Gasteiger partial charge in [0.25, 0.3) is 0 Å². The van der Waals surface area contributed by atoms with Crippen LogP contribution in [0.2, 0.25) is 0 Å². The first-order valence-corrected chi connectivity index (χ1v) is 7.97. The van der Waals surface area contributed by atoms with E-state index in [4.69, 9.17) is 4.74 Å². The Morgan fingerprint density at radius 2 is 1.67 bits per heavy atom. The van der Waals surface area contributed by atoms with Gasteiger partial charge in [0.05, 0.1) is 7.11 Å². The van der Waals surface area contributed by atoms with Gasteiger partial charge in [-0.1, -0.05) is 46.3 Å². The van der Waals surface area contributed by atoms with Crippen LogP contribution >= 0.6 is 15.9 Å². The molecule has 0 spiro atoms. The Kier molecular flexibility index (Phi) is 5.43. The van der Waals surface area contributed by atoms with Crippen LogP contribution in [0.4, 0.5) is 0 Å². The topological polar surface area (TPSA) is 21.3 Å². The van der Waals surface area contributed by atoms with Crippen LogP contribution in [0, 0.1) is 6.92 Å². The smallest absolute Gasteiger partial charge is 0.123 e. The summed E-state index contributed by atoms with van der Waals surface area (Å²) in [5, 5.41) is 3.64. The van der Waals surface area contributed by atoms with Gasteiger partial charge < -0.3 is 10.1 Å². The quantitative estimate of drug-likeness (QED) is 0.804. The van der Waals surface area contributed by atoms with Crippen LogP contribution in [0.5, 0.6) is 5.75 Å². The maximum Gasteiger partial charge on any atom is 0.123 e. The Morgan fingerprint density at radius 1 is 1.00 bits per heavy atom. The van der Waals surface area contributed by atoms with E-state index in [1.54, 1.807) is 7.11 Å². The molecule has 0 radical (unpaired) electrons. The van der Waals surface area contributed by atoms with E-state index in [1.807, 2.05) is 6.07 Å². The van der Waals surface area contributed by atoms with Gasteiger partial charge in [-0.15, -0.1) is 0 Å². The second-order valence-corrected chi connectivity index (χ2v) is 6.23. The number of ether oxygens (including phenoxy) is 1. The molecule has 2 rings (SSSR count). The number of benzene rings is 2. The highest BCUT2D eigenvalue weighted by Gasteiger charge is 2.16. The van der Waals surface area contributed by atoms with Gasteiger partial charge in [-0.3, -0.25) is 0 Å². The fraction of sp³-hybridized carbons (Fsp3) is 0.333. The zero-order valence-corrected chi connectivity index (χ0v) is 14.6. The van der Waals surface area contributed by atoms with Crippen LogP contribution in [0.3, 0.4) is 0 Å². The number of nitrogens with one attached hydrogen (secondary N) is 1. The predicted molar refractivity (Wildman–Crippen MR) is 91.8 cm³/mol. The minimum Gasteiger partial charge on any atom is -0.496 e. The second kappa shape index (κ2) is 7.10. The van der Waals surface area contributed by atoms with Gasteiger partial charge in [0, 0.05) is 22.1 Å². The van der Waals surface area contributed by atoms with Gasteiger partial charge in [-0.25, -0.2) is 0 Å². The van der Waals surface area contributed by atoms with Crippen molar-refractivity contribution in [2.24, 2.45) is 0 Å². The molecule has 0 aliphatic rings. The van der Waals surface area contributed by atoms with Crippen molar-refractivity contribution in [3.05, 3.63) is 63.6 Å². The van der Waals surface area contributed by atoms with Crippen LogP contribution in [-0.4, -0.2) is 7.11 Å². The maximum absolute atomic E-state index is 5.51. The van der Waals surface area contributed by atoms with Crippen molar-refractivity contribution in [2.75, 3.05) is 7.11 Å². The number of halogens is 1. The van der Waals surface area contributed by atoms with E-state index in [1.165, 1.54) is 16.7 Å². The molecule has 1 N–H and O–H groups in total. The van der Waals surface area contributed by atoms with Gasteiger partial charge in [-0.05, 0) is 44.0 Å². The van der Waals surface area contributed by atoms with Gasteiger partial charge in [-0.2, -0.15) is 0 Å². The lowest BCUT2D eigenvalue weighted by molar-refractivity contribution is 0.396. The monoisotopic (exact) mass is 347 g/mol. The SMILES string of the molecule is COc1cc(C)ccc1C(C)NC(C)c1ccccc1Br. The highest BCUT2D eigenvalue weighted by atomic mass is 79.9. The molecule has 0 aliphatic carbocycles. The number of aryl methyl sites for hydroxylation is 1. The Morgan fingerprint density at radius 3 is 2.33 bits per heavy atom. The molecular formula is C18H22BrNO. The molecule has 2 unspecified atom stereocenters. The number of hydrogen-bond donors (Lipinski definition) is 1. The lowest BCUT2D eigenvalue weighted by Crippen LogP contribution is -2.23. The molecule has 0 saturated heterocycles. The van der Waals surface area contributed by atoms with E-state index in [-0.39, 0.29) is 12.1 Å². The maximum atomic E-state index is 5.51. The summed E-state index contributed by atoms with van der Waals surface area (Å²) >= 11 is 3.62. The first-order valence-electron chi connectivity index (χ1n) is 7.18. The molecular weight excluding hydrogens is 326 g/mol.